The molecule has 1 unspecified atom stereocenters. The lowest BCUT2D eigenvalue weighted by Crippen LogP contribution is -2.16. The molecule has 0 saturated carbocycles. The van der Waals surface area contributed by atoms with Crippen LogP contribution in [-0.4, -0.2) is 19.8 Å². The van der Waals surface area contributed by atoms with Crippen LogP contribution in [0.3, 0.4) is 0 Å². The fourth-order valence-corrected chi connectivity index (χ4v) is 2.58. The van der Waals surface area contributed by atoms with Crippen molar-refractivity contribution in [3.8, 4) is 11.5 Å². The molecule has 1 aliphatic heterocycles. The zero-order valence-electron chi connectivity index (χ0n) is 9.33. The van der Waals surface area contributed by atoms with Gasteiger partial charge in [-0.05, 0) is 36.6 Å². The van der Waals surface area contributed by atoms with E-state index in [9.17, 15) is 0 Å². The van der Waals surface area contributed by atoms with Gasteiger partial charge in [-0.1, -0.05) is 22.9 Å². The number of benzene rings is 1. The van der Waals surface area contributed by atoms with E-state index in [0.717, 1.165) is 22.4 Å². The van der Waals surface area contributed by atoms with Crippen LogP contribution in [0, 0.1) is 0 Å². The average Bonchev–Trinajstić information content (AvgIpc) is 2.28. The van der Waals surface area contributed by atoms with Gasteiger partial charge >= 0.3 is 0 Å². The molecule has 0 aromatic heterocycles. The Balaban J connectivity index is 2.31. The summed E-state index contributed by atoms with van der Waals surface area (Å²) in [5, 5.41) is 0. The van der Waals surface area contributed by atoms with E-state index in [1.807, 2.05) is 6.07 Å². The maximum absolute atomic E-state index is 5.58. The van der Waals surface area contributed by atoms with Crippen LogP contribution >= 0.6 is 15.9 Å². The van der Waals surface area contributed by atoms with Gasteiger partial charge in [-0.15, -0.1) is 0 Å². The van der Waals surface area contributed by atoms with Crippen LogP contribution in [0.2, 0.25) is 0 Å². The number of ether oxygens (including phenoxy) is 2. The Hall–Kier alpha value is -0.740. The highest BCUT2D eigenvalue weighted by molar-refractivity contribution is 9.10. The summed E-state index contributed by atoms with van der Waals surface area (Å²) in [7, 11) is 0. The summed E-state index contributed by atoms with van der Waals surface area (Å²) in [4.78, 5) is 0. The molecule has 3 nitrogen and oxygen atoms in total. The van der Waals surface area contributed by atoms with Gasteiger partial charge in [0.05, 0.1) is 0 Å². The summed E-state index contributed by atoms with van der Waals surface area (Å²) in [5.74, 6) is 2.09. The molecular weight excluding hydrogens is 270 g/mol. The van der Waals surface area contributed by atoms with Gasteiger partial charge in [-0.3, -0.25) is 0 Å². The number of halogens is 1. The van der Waals surface area contributed by atoms with E-state index in [1.165, 1.54) is 5.56 Å². The third-order valence-corrected chi connectivity index (χ3v) is 3.48. The highest BCUT2D eigenvalue weighted by atomic mass is 79.9. The summed E-state index contributed by atoms with van der Waals surface area (Å²) in [5.41, 5.74) is 6.81. The van der Waals surface area contributed by atoms with Crippen molar-refractivity contribution in [1.82, 2.24) is 0 Å². The minimum absolute atomic E-state index is 0.426. The number of hydrogen-bond acceptors (Lipinski definition) is 3. The molecule has 0 bridgehead atoms. The molecule has 16 heavy (non-hydrogen) atoms. The first-order chi connectivity index (χ1) is 7.72. The zero-order valence-corrected chi connectivity index (χ0v) is 10.9. The van der Waals surface area contributed by atoms with Gasteiger partial charge in [-0.2, -0.15) is 0 Å². The quantitative estimate of drug-likeness (QED) is 0.929. The Bertz CT molecular complexity index is 382. The summed E-state index contributed by atoms with van der Waals surface area (Å²) < 4.78 is 12.2. The second-order valence-electron chi connectivity index (χ2n) is 4.00. The molecule has 0 spiro atoms. The van der Waals surface area contributed by atoms with E-state index in [1.54, 1.807) is 0 Å². The first-order valence-corrected chi connectivity index (χ1v) is 6.30. The van der Waals surface area contributed by atoms with Gasteiger partial charge in [0.25, 0.3) is 0 Å². The number of nitrogens with two attached hydrogens (primary N) is 1. The summed E-state index contributed by atoms with van der Waals surface area (Å²) in [6.45, 7) is 4.11. The van der Waals surface area contributed by atoms with Crippen molar-refractivity contribution in [2.24, 2.45) is 5.73 Å². The Kier molecular flexibility index (Phi) is 3.71. The van der Waals surface area contributed by atoms with Crippen molar-refractivity contribution >= 4 is 15.9 Å². The summed E-state index contributed by atoms with van der Waals surface area (Å²) >= 11 is 3.57. The van der Waals surface area contributed by atoms with Crippen LogP contribution in [0.25, 0.3) is 0 Å². The number of hydrogen-bond donors (Lipinski definition) is 1. The molecule has 1 atom stereocenters. The number of fused-ring (bicyclic) bond motifs is 1. The molecule has 1 heterocycles. The standard InChI is InChI=1S/C12H16BrNO2/c1-8(2-3-14)9-6-11-12(7-10(9)13)16-5-4-15-11/h6-8H,2-5,14H2,1H3. The maximum atomic E-state index is 5.58. The average molecular weight is 286 g/mol. The highest BCUT2D eigenvalue weighted by Gasteiger charge is 2.17. The van der Waals surface area contributed by atoms with Crippen molar-refractivity contribution in [3.63, 3.8) is 0 Å². The maximum Gasteiger partial charge on any atom is 0.162 e. The third-order valence-electron chi connectivity index (χ3n) is 2.79. The molecule has 0 amide bonds. The van der Waals surface area contributed by atoms with Crippen molar-refractivity contribution in [2.45, 2.75) is 19.3 Å². The van der Waals surface area contributed by atoms with Gasteiger partial charge in [0.2, 0.25) is 0 Å². The largest absolute Gasteiger partial charge is 0.486 e. The van der Waals surface area contributed by atoms with E-state index in [0.29, 0.717) is 25.7 Å². The SMILES string of the molecule is CC(CCN)c1cc2c(cc1Br)OCCO2. The second-order valence-corrected chi connectivity index (χ2v) is 4.85. The lowest BCUT2D eigenvalue weighted by atomic mass is 9.97. The Morgan fingerprint density at radius 3 is 2.56 bits per heavy atom. The predicted molar refractivity (Wildman–Crippen MR) is 67.2 cm³/mol. The Morgan fingerprint density at radius 2 is 1.94 bits per heavy atom. The van der Waals surface area contributed by atoms with Crippen molar-refractivity contribution in [1.29, 1.82) is 0 Å². The van der Waals surface area contributed by atoms with Gasteiger partial charge in [0.15, 0.2) is 11.5 Å². The smallest absolute Gasteiger partial charge is 0.162 e. The Morgan fingerprint density at radius 1 is 1.31 bits per heavy atom. The summed E-state index contributed by atoms with van der Waals surface area (Å²) in [6.07, 6.45) is 0.970. The van der Waals surface area contributed by atoms with Gasteiger partial charge in [0, 0.05) is 4.47 Å². The van der Waals surface area contributed by atoms with Crippen LogP contribution in [0.15, 0.2) is 16.6 Å². The van der Waals surface area contributed by atoms with Gasteiger partial charge < -0.3 is 15.2 Å². The van der Waals surface area contributed by atoms with E-state index in [2.05, 4.69) is 28.9 Å². The minimum Gasteiger partial charge on any atom is -0.486 e. The zero-order chi connectivity index (χ0) is 11.5. The summed E-state index contributed by atoms with van der Waals surface area (Å²) in [6, 6.07) is 4.04. The van der Waals surface area contributed by atoms with Crippen molar-refractivity contribution < 1.29 is 9.47 Å². The van der Waals surface area contributed by atoms with Crippen molar-refractivity contribution in [3.05, 3.63) is 22.2 Å². The monoisotopic (exact) mass is 285 g/mol. The fourth-order valence-electron chi connectivity index (χ4n) is 1.86. The van der Waals surface area contributed by atoms with E-state index in [-0.39, 0.29) is 0 Å². The molecule has 4 heteroatoms. The fraction of sp³-hybridized carbons (Fsp3) is 0.500. The van der Waals surface area contributed by atoms with Crippen LogP contribution in [0.4, 0.5) is 0 Å². The Labute approximate surface area is 104 Å². The molecule has 2 rings (SSSR count). The molecule has 0 fully saturated rings. The molecule has 0 saturated heterocycles. The minimum atomic E-state index is 0.426. The first kappa shape index (κ1) is 11.7. The lowest BCUT2D eigenvalue weighted by Gasteiger charge is -2.21. The second kappa shape index (κ2) is 5.06. The van der Waals surface area contributed by atoms with Gasteiger partial charge in [0.1, 0.15) is 13.2 Å². The third kappa shape index (κ3) is 2.33. The van der Waals surface area contributed by atoms with E-state index >= 15 is 0 Å². The number of rotatable bonds is 3. The van der Waals surface area contributed by atoms with Crippen LogP contribution in [-0.2, 0) is 0 Å². The van der Waals surface area contributed by atoms with Crippen LogP contribution in [0.5, 0.6) is 11.5 Å². The lowest BCUT2D eigenvalue weighted by molar-refractivity contribution is 0.171. The van der Waals surface area contributed by atoms with Crippen molar-refractivity contribution in [2.75, 3.05) is 19.8 Å². The molecule has 0 aliphatic carbocycles. The van der Waals surface area contributed by atoms with Crippen LogP contribution < -0.4 is 15.2 Å². The van der Waals surface area contributed by atoms with Crippen LogP contribution in [0.1, 0.15) is 24.8 Å². The normalized spacial score (nSPS) is 15.9. The molecular formula is C12H16BrNO2. The predicted octanol–water partition coefficient (Wildman–Crippen LogP) is 2.67. The molecule has 1 aliphatic rings. The molecule has 1 aromatic rings. The molecule has 0 radical (unpaired) electrons. The molecule has 1 aromatic carbocycles. The topological polar surface area (TPSA) is 44.5 Å². The highest BCUT2D eigenvalue weighted by Crippen LogP contribution is 2.38. The van der Waals surface area contributed by atoms with E-state index < -0.39 is 0 Å². The molecule has 2 N–H and O–H groups in total. The van der Waals surface area contributed by atoms with E-state index in [4.69, 9.17) is 15.2 Å². The molecule has 88 valence electrons. The first-order valence-electron chi connectivity index (χ1n) is 5.51. The van der Waals surface area contributed by atoms with Gasteiger partial charge in [-0.25, -0.2) is 0 Å².